The first-order valence-corrected chi connectivity index (χ1v) is 11.9. The van der Waals surface area contributed by atoms with Crippen molar-refractivity contribution in [2.45, 2.75) is 67.7 Å². The molecule has 1 aliphatic rings. The fourth-order valence-electron chi connectivity index (χ4n) is 3.86. The number of hydrogen-bond acceptors (Lipinski definition) is 6. The highest BCUT2D eigenvalue weighted by atomic mass is 32.2. The van der Waals surface area contributed by atoms with E-state index in [2.05, 4.69) is 5.10 Å². The first kappa shape index (κ1) is 25.7. The Balaban J connectivity index is 1.99. The van der Waals surface area contributed by atoms with Gasteiger partial charge in [-0.25, -0.2) is 13.1 Å². The van der Waals surface area contributed by atoms with E-state index < -0.39 is 37.8 Å². The Kier molecular flexibility index (Phi) is 7.01. The average molecular weight is 491 g/mol. The summed E-state index contributed by atoms with van der Waals surface area (Å²) in [4.78, 5) is -0.368. The van der Waals surface area contributed by atoms with Gasteiger partial charge in [-0.1, -0.05) is 19.9 Å². The molecule has 2 heterocycles. The maximum absolute atomic E-state index is 13.5. The Bertz CT molecular complexity index is 1100. The van der Waals surface area contributed by atoms with Gasteiger partial charge in [0.1, 0.15) is 12.8 Å². The number of halogens is 3. The van der Waals surface area contributed by atoms with Gasteiger partial charge in [-0.2, -0.15) is 18.3 Å². The number of aliphatic hydroxyl groups excluding tert-OH is 1. The van der Waals surface area contributed by atoms with E-state index in [-0.39, 0.29) is 37.7 Å². The monoisotopic (exact) mass is 490 g/mol. The van der Waals surface area contributed by atoms with Crippen molar-refractivity contribution in [2.24, 2.45) is 0 Å². The summed E-state index contributed by atoms with van der Waals surface area (Å²) in [5, 5.41) is 14.2. The average Bonchev–Trinajstić information content (AvgIpc) is 3.18. The lowest BCUT2D eigenvalue weighted by Gasteiger charge is -2.37. The van der Waals surface area contributed by atoms with Crippen molar-refractivity contribution < 1.29 is 36.2 Å². The van der Waals surface area contributed by atoms with E-state index in [9.17, 15) is 26.7 Å². The third kappa shape index (κ3) is 4.96. The number of rotatable bonds is 7. The molecule has 1 saturated heterocycles. The summed E-state index contributed by atoms with van der Waals surface area (Å²) in [6.07, 6.45) is -5.15. The van der Waals surface area contributed by atoms with Crippen LogP contribution in [0.15, 0.2) is 35.2 Å². The number of sulfone groups is 1. The van der Waals surface area contributed by atoms with Crippen LogP contribution in [0.1, 0.15) is 56.7 Å². The molecule has 2 aromatic rings. The van der Waals surface area contributed by atoms with E-state index in [0.717, 1.165) is 12.1 Å². The molecule has 0 radical (unpaired) electrons. The van der Waals surface area contributed by atoms with Gasteiger partial charge in [-0.05, 0) is 44.0 Å². The minimum absolute atomic E-state index is 0.0278. The summed E-state index contributed by atoms with van der Waals surface area (Å²) >= 11 is 0. The van der Waals surface area contributed by atoms with E-state index in [1.807, 2.05) is 13.8 Å². The molecule has 1 aromatic carbocycles. The number of methoxy groups -OCH3 is 1. The van der Waals surface area contributed by atoms with Crippen molar-refractivity contribution >= 4 is 9.84 Å². The van der Waals surface area contributed by atoms with Gasteiger partial charge in [0.15, 0.2) is 9.84 Å². The minimum atomic E-state index is -4.65. The molecular weight excluding hydrogens is 461 g/mol. The Hall–Kier alpha value is -1.95. The Morgan fingerprint density at radius 2 is 2.00 bits per heavy atom. The number of ether oxygens (including phenoxy) is 2. The quantitative estimate of drug-likeness (QED) is 0.634. The SMILES string of the molecule is COCn1nc(C(C)(C)CO)cc1C1CC(C)(S(=O)(=O)c2cccc(C(F)(F)F)c2)CCO1. The number of aromatic nitrogens is 2. The van der Waals surface area contributed by atoms with E-state index in [0.29, 0.717) is 17.5 Å². The normalized spacial score (nSPS) is 22.5. The van der Waals surface area contributed by atoms with Crippen molar-refractivity contribution in [3.05, 3.63) is 47.3 Å². The van der Waals surface area contributed by atoms with Crippen LogP contribution in [0.2, 0.25) is 0 Å². The summed E-state index contributed by atoms with van der Waals surface area (Å²) in [6, 6.07) is 5.58. The van der Waals surface area contributed by atoms with Gasteiger partial charge in [-0.3, -0.25) is 0 Å². The predicted octanol–water partition coefficient (Wildman–Crippen LogP) is 3.86. The van der Waals surface area contributed by atoms with E-state index in [1.165, 1.54) is 20.1 Å². The van der Waals surface area contributed by atoms with Gasteiger partial charge in [0.05, 0.1) is 33.2 Å². The molecule has 1 N–H and O–H groups in total. The third-order valence-corrected chi connectivity index (χ3v) is 8.71. The number of benzene rings is 1. The van der Waals surface area contributed by atoms with Crippen LogP contribution in [-0.2, 0) is 37.6 Å². The maximum Gasteiger partial charge on any atom is 0.416 e. The van der Waals surface area contributed by atoms with Crippen LogP contribution >= 0.6 is 0 Å². The Morgan fingerprint density at radius 1 is 1.30 bits per heavy atom. The number of hydrogen-bond donors (Lipinski definition) is 1. The second-order valence-electron chi connectivity index (χ2n) is 9.21. The van der Waals surface area contributed by atoms with Gasteiger partial charge >= 0.3 is 6.18 Å². The van der Waals surface area contributed by atoms with Gasteiger partial charge in [0.2, 0.25) is 0 Å². The van der Waals surface area contributed by atoms with Crippen molar-refractivity contribution in [2.75, 3.05) is 20.3 Å². The molecule has 1 aromatic heterocycles. The van der Waals surface area contributed by atoms with E-state index in [1.54, 1.807) is 10.7 Å². The molecular formula is C22H29F3N2O5S. The molecule has 1 aliphatic heterocycles. The second kappa shape index (κ2) is 9.01. The summed E-state index contributed by atoms with van der Waals surface area (Å²) in [7, 11) is -2.63. The lowest BCUT2D eigenvalue weighted by Crippen LogP contribution is -2.42. The van der Waals surface area contributed by atoms with Gasteiger partial charge < -0.3 is 14.6 Å². The zero-order valence-corrected chi connectivity index (χ0v) is 19.8. The number of alkyl halides is 3. The van der Waals surface area contributed by atoms with Crippen molar-refractivity contribution in [1.82, 2.24) is 9.78 Å². The van der Waals surface area contributed by atoms with Crippen LogP contribution in [0.5, 0.6) is 0 Å². The van der Waals surface area contributed by atoms with Crippen molar-refractivity contribution in [3.63, 3.8) is 0 Å². The van der Waals surface area contributed by atoms with Gasteiger partial charge in [-0.15, -0.1) is 0 Å². The van der Waals surface area contributed by atoms with Crippen LogP contribution in [-0.4, -0.2) is 48.4 Å². The molecule has 2 unspecified atom stereocenters. The number of nitrogens with zero attached hydrogens (tertiary/aromatic N) is 2. The first-order chi connectivity index (χ1) is 15.2. The van der Waals surface area contributed by atoms with Crippen LogP contribution < -0.4 is 0 Å². The molecule has 184 valence electrons. The minimum Gasteiger partial charge on any atom is -0.395 e. The molecule has 0 aliphatic carbocycles. The van der Waals surface area contributed by atoms with Crippen LogP contribution in [0, 0.1) is 0 Å². The summed E-state index contributed by atoms with van der Waals surface area (Å²) in [5.41, 5.74) is -0.479. The predicted molar refractivity (Wildman–Crippen MR) is 114 cm³/mol. The molecule has 0 amide bonds. The molecule has 1 fully saturated rings. The fraction of sp³-hybridized carbons (Fsp3) is 0.591. The molecule has 11 heteroatoms. The second-order valence-corrected chi connectivity index (χ2v) is 11.7. The molecule has 0 bridgehead atoms. The van der Waals surface area contributed by atoms with Crippen LogP contribution in [0.3, 0.4) is 0 Å². The standard InChI is InChI=1S/C22H29F3N2O5S/c1-20(2,13-28)19-11-17(27(26-19)14-31-4)18-12-21(3,8-9-32-18)33(29,30)16-7-5-6-15(10-16)22(23,24)25/h5-7,10-11,18,28H,8-9,12-14H2,1-4H3. The van der Waals surface area contributed by atoms with Crippen molar-refractivity contribution in [1.29, 1.82) is 0 Å². The molecule has 0 saturated carbocycles. The molecule has 33 heavy (non-hydrogen) atoms. The molecule has 0 spiro atoms. The third-order valence-electron chi connectivity index (χ3n) is 6.17. The smallest absolute Gasteiger partial charge is 0.395 e. The van der Waals surface area contributed by atoms with Crippen LogP contribution in [0.25, 0.3) is 0 Å². The highest BCUT2D eigenvalue weighted by molar-refractivity contribution is 7.92. The van der Waals surface area contributed by atoms with E-state index >= 15 is 0 Å². The largest absolute Gasteiger partial charge is 0.416 e. The Labute approximate surface area is 191 Å². The molecule has 3 rings (SSSR count). The summed E-state index contributed by atoms with van der Waals surface area (Å²) < 4.78 is 77.8. The molecule has 7 nitrogen and oxygen atoms in total. The zero-order chi connectivity index (χ0) is 24.7. The lowest BCUT2D eigenvalue weighted by molar-refractivity contribution is -0.137. The highest BCUT2D eigenvalue weighted by Gasteiger charge is 2.46. The van der Waals surface area contributed by atoms with Gasteiger partial charge in [0.25, 0.3) is 0 Å². The fourth-order valence-corrected chi connectivity index (χ4v) is 5.69. The van der Waals surface area contributed by atoms with Gasteiger partial charge in [0, 0.05) is 19.1 Å². The topological polar surface area (TPSA) is 90.6 Å². The lowest BCUT2D eigenvalue weighted by atomic mass is 9.89. The first-order valence-electron chi connectivity index (χ1n) is 10.5. The summed E-state index contributed by atoms with van der Waals surface area (Å²) in [5.74, 6) is 0. The maximum atomic E-state index is 13.5. The highest BCUT2D eigenvalue weighted by Crippen LogP contribution is 2.43. The Morgan fingerprint density at radius 3 is 2.61 bits per heavy atom. The summed E-state index contributed by atoms with van der Waals surface area (Å²) in [6.45, 7) is 5.22. The zero-order valence-electron chi connectivity index (χ0n) is 19.0. The number of aliphatic hydroxyl groups is 1. The van der Waals surface area contributed by atoms with E-state index in [4.69, 9.17) is 9.47 Å². The van der Waals surface area contributed by atoms with Crippen molar-refractivity contribution in [3.8, 4) is 0 Å². The molecule has 2 atom stereocenters. The van der Waals surface area contributed by atoms with Crippen LogP contribution in [0.4, 0.5) is 13.2 Å².